The predicted molar refractivity (Wildman–Crippen MR) is 139 cm³/mol. The van der Waals surface area contributed by atoms with Gasteiger partial charge in [-0.15, -0.1) is 0 Å². The van der Waals surface area contributed by atoms with Gasteiger partial charge in [-0.05, 0) is 62.4 Å². The number of nitrogens with zero attached hydrogens (tertiary/aromatic N) is 2. The minimum atomic E-state index is -0.832. The van der Waals surface area contributed by atoms with Crippen molar-refractivity contribution >= 4 is 44.5 Å². The van der Waals surface area contributed by atoms with Crippen LogP contribution < -0.4 is 10.2 Å². The van der Waals surface area contributed by atoms with E-state index in [0.717, 1.165) is 63.8 Å². The van der Waals surface area contributed by atoms with Crippen LogP contribution in [0.3, 0.4) is 0 Å². The topological polar surface area (TPSA) is 82.5 Å². The Kier molecular flexibility index (Phi) is 7.51. The molecular formula is C27H30BrN3O3. The number of nitrogens with one attached hydrogen (secondary N) is 1. The fourth-order valence-electron chi connectivity index (χ4n) is 4.86. The molecule has 0 radical (unpaired) electrons. The molecule has 2 heterocycles. The van der Waals surface area contributed by atoms with E-state index in [2.05, 4.69) is 26.1 Å². The normalized spacial score (nSPS) is 14.4. The van der Waals surface area contributed by atoms with E-state index in [4.69, 9.17) is 4.98 Å². The maximum atomic E-state index is 13.6. The summed E-state index contributed by atoms with van der Waals surface area (Å²) in [4.78, 5) is 32.1. The zero-order valence-electron chi connectivity index (χ0n) is 19.6. The summed E-state index contributed by atoms with van der Waals surface area (Å²) in [6, 6.07) is 13.8. The van der Waals surface area contributed by atoms with Gasteiger partial charge in [-0.3, -0.25) is 9.59 Å². The van der Waals surface area contributed by atoms with Crippen molar-refractivity contribution in [1.82, 2.24) is 10.3 Å². The molecule has 0 unspecified atom stereocenters. The first kappa shape index (κ1) is 24.2. The lowest BCUT2D eigenvalue weighted by atomic mass is 9.90. The van der Waals surface area contributed by atoms with Crippen LogP contribution in [0.25, 0.3) is 10.9 Å². The second kappa shape index (κ2) is 10.6. The number of hydrogen-bond donors (Lipinski definition) is 2. The van der Waals surface area contributed by atoms with Gasteiger partial charge in [0.25, 0.3) is 5.91 Å². The van der Waals surface area contributed by atoms with Crippen LogP contribution in [-0.4, -0.2) is 41.6 Å². The van der Waals surface area contributed by atoms with Gasteiger partial charge in [0.15, 0.2) is 0 Å². The summed E-state index contributed by atoms with van der Waals surface area (Å²) >= 11 is 3.53. The van der Waals surface area contributed by atoms with E-state index in [9.17, 15) is 14.7 Å². The van der Waals surface area contributed by atoms with Crippen molar-refractivity contribution in [2.45, 2.75) is 45.4 Å². The van der Waals surface area contributed by atoms with Gasteiger partial charge in [0.1, 0.15) is 5.82 Å². The second-order valence-corrected chi connectivity index (χ2v) is 9.90. The number of aliphatic carboxylic acids is 1. The summed E-state index contributed by atoms with van der Waals surface area (Å²) in [5, 5.41) is 13.2. The Balaban J connectivity index is 1.67. The molecule has 0 bridgehead atoms. The molecule has 1 saturated heterocycles. The molecule has 34 heavy (non-hydrogen) atoms. The molecule has 1 fully saturated rings. The number of hydrogen-bond acceptors (Lipinski definition) is 4. The number of carbonyl (C=O) groups excluding carboxylic acids is 1. The van der Waals surface area contributed by atoms with E-state index in [1.807, 2.05) is 56.3 Å². The molecule has 178 valence electrons. The number of anilines is 1. The number of fused-ring (bicyclic) bond motifs is 1. The van der Waals surface area contributed by atoms with Crippen molar-refractivity contribution in [1.29, 1.82) is 0 Å². The summed E-state index contributed by atoms with van der Waals surface area (Å²) in [5.74, 6) is -0.198. The maximum Gasteiger partial charge on any atom is 0.303 e. The molecule has 2 aromatic carbocycles. The van der Waals surface area contributed by atoms with Crippen molar-refractivity contribution in [2.75, 3.05) is 24.5 Å². The smallest absolute Gasteiger partial charge is 0.303 e. The van der Waals surface area contributed by atoms with Crippen molar-refractivity contribution in [2.24, 2.45) is 0 Å². The molecule has 1 atom stereocenters. The minimum absolute atomic E-state index is 0.0537. The van der Waals surface area contributed by atoms with E-state index in [0.29, 0.717) is 18.5 Å². The number of aryl methyl sites for hydroxylation is 1. The third-order valence-electron chi connectivity index (χ3n) is 6.64. The van der Waals surface area contributed by atoms with Crippen LogP contribution in [0.15, 0.2) is 46.9 Å². The molecule has 4 rings (SSSR count). The van der Waals surface area contributed by atoms with Gasteiger partial charge in [-0.1, -0.05) is 40.2 Å². The van der Waals surface area contributed by atoms with Gasteiger partial charge in [0.2, 0.25) is 0 Å². The first-order valence-corrected chi connectivity index (χ1v) is 12.5. The average Bonchev–Trinajstić information content (AvgIpc) is 3.34. The van der Waals surface area contributed by atoms with Gasteiger partial charge >= 0.3 is 5.97 Å². The molecule has 0 aliphatic carbocycles. The predicted octanol–water partition coefficient (Wildman–Crippen LogP) is 5.59. The highest BCUT2D eigenvalue weighted by Crippen LogP contribution is 2.32. The Hall–Kier alpha value is -2.93. The molecular weight excluding hydrogens is 494 g/mol. The highest BCUT2D eigenvalue weighted by atomic mass is 79.9. The van der Waals surface area contributed by atoms with Gasteiger partial charge in [-0.2, -0.15) is 0 Å². The number of amides is 1. The fraction of sp³-hybridized carbons (Fsp3) is 0.370. The number of rotatable bonds is 8. The standard InChI is InChI=1S/C27H30BrN3O3/c1-17-7-3-4-8-21(17)19(9-12-24(32)33)16-29-27(34)25-18(2)26(31-13-5-6-14-31)30-23-11-10-20(28)15-22(23)25/h3-4,7-8,10-11,15,19H,5-6,9,12-14,16H2,1-2H3,(H,29,34)(H,32,33)/t19-/m1/s1. The molecule has 1 aliphatic heterocycles. The second-order valence-electron chi connectivity index (χ2n) is 8.99. The maximum absolute atomic E-state index is 13.6. The number of aromatic nitrogens is 1. The largest absolute Gasteiger partial charge is 0.481 e. The third kappa shape index (κ3) is 5.25. The Morgan fingerprint density at radius 1 is 1.15 bits per heavy atom. The lowest BCUT2D eigenvalue weighted by Crippen LogP contribution is -2.30. The van der Waals surface area contributed by atoms with Crippen molar-refractivity contribution in [3.8, 4) is 0 Å². The summed E-state index contributed by atoms with van der Waals surface area (Å²) < 4.78 is 0.892. The van der Waals surface area contributed by atoms with Crippen LogP contribution in [0.1, 0.15) is 58.6 Å². The van der Waals surface area contributed by atoms with Crippen LogP contribution in [0.4, 0.5) is 5.82 Å². The quantitative estimate of drug-likeness (QED) is 0.401. The van der Waals surface area contributed by atoms with Crippen LogP contribution in [-0.2, 0) is 4.79 Å². The van der Waals surface area contributed by atoms with E-state index in [1.165, 1.54) is 0 Å². The Morgan fingerprint density at radius 3 is 2.59 bits per heavy atom. The molecule has 0 spiro atoms. The van der Waals surface area contributed by atoms with Crippen LogP contribution >= 0.6 is 15.9 Å². The molecule has 3 aromatic rings. The molecule has 1 amide bonds. The highest BCUT2D eigenvalue weighted by Gasteiger charge is 2.24. The van der Waals surface area contributed by atoms with E-state index in [-0.39, 0.29) is 18.2 Å². The van der Waals surface area contributed by atoms with Crippen LogP contribution in [0.2, 0.25) is 0 Å². The summed E-state index contributed by atoms with van der Waals surface area (Å²) in [7, 11) is 0. The zero-order chi connectivity index (χ0) is 24.2. The molecule has 6 nitrogen and oxygen atoms in total. The average molecular weight is 524 g/mol. The SMILES string of the molecule is Cc1ccccc1[C@H](CCC(=O)O)CNC(=O)c1c(C)c(N2CCCC2)nc2ccc(Br)cc12. The lowest BCUT2D eigenvalue weighted by molar-refractivity contribution is -0.137. The lowest BCUT2D eigenvalue weighted by Gasteiger charge is -2.23. The van der Waals surface area contributed by atoms with Gasteiger partial charge < -0.3 is 15.3 Å². The van der Waals surface area contributed by atoms with Gasteiger partial charge in [0.05, 0.1) is 11.1 Å². The summed E-state index contributed by atoms with van der Waals surface area (Å²) in [5.41, 5.74) is 4.47. The van der Waals surface area contributed by atoms with E-state index in [1.54, 1.807) is 0 Å². The molecule has 1 aliphatic rings. The van der Waals surface area contributed by atoms with E-state index < -0.39 is 5.97 Å². The minimum Gasteiger partial charge on any atom is -0.481 e. The van der Waals surface area contributed by atoms with Crippen molar-refractivity contribution < 1.29 is 14.7 Å². The Morgan fingerprint density at radius 2 is 1.88 bits per heavy atom. The number of carboxylic acids is 1. The van der Waals surface area contributed by atoms with Crippen LogP contribution in [0.5, 0.6) is 0 Å². The molecule has 0 saturated carbocycles. The fourth-order valence-corrected chi connectivity index (χ4v) is 5.22. The van der Waals surface area contributed by atoms with E-state index >= 15 is 0 Å². The van der Waals surface area contributed by atoms with Crippen molar-refractivity contribution in [3.05, 3.63) is 69.2 Å². The Labute approximate surface area is 208 Å². The summed E-state index contributed by atoms with van der Waals surface area (Å²) in [6.45, 7) is 6.25. The molecule has 7 heteroatoms. The number of pyridine rings is 1. The first-order valence-electron chi connectivity index (χ1n) is 11.8. The number of carboxylic acid groups (broad SMARTS) is 1. The highest BCUT2D eigenvalue weighted by molar-refractivity contribution is 9.10. The monoisotopic (exact) mass is 523 g/mol. The molecule has 2 N–H and O–H groups in total. The third-order valence-corrected chi connectivity index (χ3v) is 7.13. The zero-order valence-corrected chi connectivity index (χ0v) is 21.2. The van der Waals surface area contributed by atoms with Gasteiger partial charge in [-0.25, -0.2) is 4.98 Å². The number of carbonyl (C=O) groups is 2. The Bertz CT molecular complexity index is 1220. The number of halogens is 1. The number of benzene rings is 2. The van der Waals surface area contributed by atoms with Crippen LogP contribution in [0, 0.1) is 13.8 Å². The molecule has 1 aromatic heterocycles. The first-order chi connectivity index (χ1) is 16.3. The van der Waals surface area contributed by atoms with Gasteiger partial charge in [0, 0.05) is 47.4 Å². The summed E-state index contributed by atoms with van der Waals surface area (Å²) in [6.07, 6.45) is 2.77. The van der Waals surface area contributed by atoms with Crippen molar-refractivity contribution in [3.63, 3.8) is 0 Å².